The largest absolute Gasteiger partial charge is 0.378 e. The van der Waals surface area contributed by atoms with Gasteiger partial charge in [-0.15, -0.1) is 0 Å². The highest BCUT2D eigenvalue weighted by atomic mass is 16.5. The maximum absolute atomic E-state index is 12.5. The molecule has 1 aromatic heterocycles. The van der Waals surface area contributed by atoms with Gasteiger partial charge >= 0.3 is 0 Å². The lowest BCUT2D eigenvalue weighted by Crippen LogP contribution is -2.40. The fourth-order valence-corrected chi connectivity index (χ4v) is 4.82. The molecule has 29 heavy (non-hydrogen) atoms. The van der Waals surface area contributed by atoms with Crippen LogP contribution < -0.4 is 15.4 Å². The first-order chi connectivity index (χ1) is 14.0. The van der Waals surface area contributed by atoms with Gasteiger partial charge in [-0.3, -0.25) is 4.79 Å². The highest BCUT2D eigenvalue weighted by Gasteiger charge is 2.32. The zero-order valence-corrected chi connectivity index (χ0v) is 17.7. The summed E-state index contributed by atoms with van der Waals surface area (Å²) < 4.78 is 5.48. The van der Waals surface area contributed by atoms with E-state index in [1.807, 2.05) is 0 Å². The number of morpholine rings is 1. The summed E-state index contributed by atoms with van der Waals surface area (Å²) >= 11 is 0. The van der Waals surface area contributed by atoms with Crippen LogP contribution in [0.2, 0.25) is 0 Å². The molecule has 1 N–H and O–H groups in total. The Balaban J connectivity index is 1.66. The average molecular weight is 396 g/mol. The van der Waals surface area contributed by atoms with Crippen molar-refractivity contribution < 1.29 is 4.74 Å². The van der Waals surface area contributed by atoms with E-state index in [4.69, 9.17) is 4.74 Å². The Bertz CT molecular complexity index is 856. The lowest BCUT2D eigenvalue weighted by atomic mass is 9.81. The minimum Gasteiger partial charge on any atom is -0.378 e. The summed E-state index contributed by atoms with van der Waals surface area (Å²) in [6.07, 6.45) is 4.46. The van der Waals surface area contributed by atoms with Crippen molar-refractivity contribution >= 4 is 11.5 Å². The highest BCUT2D eigenvalue weighted by Crippen LogP contribution is 2.36. The molecule has 0 aliphatic carbocycles. The van der Waals surface area contributed by atoms with Crippen molar-refractivity contribution in [3.63, 3.8) is 0 Å². The molecule has 4 rings (SSSR count). The van der Waals surface area contributed by atoms with Crippen LogP contribution in [0.25, 0.3) is 0 Å². The summed E-state index contributed by atoms with van der Waals surface area (Å²) in [7, 11) is 0. The third-order valence-corrected chi connectivity index (χ3v) is 6.30. The molecule has 0 radical (unpaired) electrons. The fraction of sp³-hybridized carbons (Fsp3) is 0.542. The molecular weight excluding hydrogens is 362 g/mol. The Labute approximate surface area is 173 Å². The van der Waals surface area contributed by atoms with E-state index in [9.17, 15) is 4.79 Å². The number of nitrogens with one attached hydrogen (secondary N) is 1. The number of hydrogen-bond donors (Lipinski definition) is 1. The third kappa shape index (κ3) is 5.02. The van der Waals surface area contributed by atoms with Gasteiger partial charge in [-0.1, -0.05) is 44.2 Å². The number of pyridine rings is 1. The molecule has 5 heteroatoms. The van der Waals surface area contributed by atoms with Crippen molar-refractivity contribution in [2.75, 3.05) is 42.6 Å². The summed E-state index contributed by atoms with van der Waals surface area (Å²) in [5.74, 6) is 0.956. The summed E-state index contributed by atoms with van der Waals surface area (Å²) in [6.45, 7) is 8.84. The second-order valence-electron chi connectivity index (χ2n) is 9.20. The molecule has 2 aliphatic rings. The van der Waals surface area contributed by atoms with Crippen molar-refractivity contribution in [3.05, 3.63) is 58.4 Å². The zero-order valence-electron chi connectivity index (χ0n) is 17.7. The van der Waals surface area contributed by atoms with Crippen molar-refractivity contribution in [3.8, 4) is 0 Å². The number of aromatic nitrogens is 1. The Hall–Kier alpha value is -2.27. The van der Waals surface area contributed by atoms with Gasteiger partial charge in [0.1, 0.15) is 5.82 Å². The predicted octanol–water partition coefficient (Wildman–Crippen LogP) is 3.84. The number of aromatic amines is 1. The Morgan fingerprint density at radius 3 is 2.62 bits per heavy atom. The lowest BCUT2D eigenvalue weighted by Gasteiger charge is -2.35. The molecule has 2 fully saturated rings. The van der Waals surface area contributed by atoms with E-state index in [1.165, 1.54) is 12.0 Å². The minimum absolute atomic E-state index is 0.0223. The maximum atomic E-state index is 12.5. The minimum atomic E-state index is -0.0223. The number of rotatable bonds is 4. The highest BCUT2D eigenvalue weighted by molar-refractivity contribution is 5.56. The molecule has 5 nitrogen and oxygen atoms in total. The third-order valence-electron chi connectivity index (χ3n) is 6.30. The Morgan fingerprint density at radius 2 is 1.86 bits per heavy atom. The van der Waals surface area contributed by atoms with Gasteiger partial charge in [0, 0.05) is 43.5 Å². The summed E-state index contributed by atoms with van der Waals surface area (Å²) in [5, 5.41) is 0. The van der Waals surface area contributed by atoms with Gasteiger partial charge in [-0.2, -0.15) is 0 Å². The van der Waals surface area contributed by atoms with Crippen molar-refractivity contribution in [2.45, 2.75) is 45.6 Å². The number of H-pyrrole nitrogens is 1. The summed E-state index contributed by atoms with van der Waals surface area (Å²) in [4.78, 5) is 20.4. The van der Waals surface area contributed by atoms with Gasteiger partial charge in [0.2, 0.25) is 0 Å². The van der Waals surface area contributed by atoms with Crippen LogP contribution in [0.4, 0.5) is 11.5 Å². The Kier molecular flexibility index (Phi) is 5.95. The normalized spacial score (nSPS) is 22.3. The van der Waals surface area contributed by atoms with E-state index in [1.54, 1.807) is 6.07 Å². The van der Waals surface area contributed by atoms with E-state index >= 15 is 0 Å². The van der Waals surface area contributed by atoms with Crippen molar-refractivity contribution in [2.24, 2.45) is 5.41 Å². The Morgan fingerprint density at radius 1 is 1.10 bits per heavy atom. The quantitative estimate of drug-likeness (QED) is 0.855. The van der Waals surface area contributed by atoms with Gasteiger partial charge < -0.3 is 19.5 Å². The number of nitrogens with zero attached hydrogens (tertiary/aromatic N) is 2. The van der Waals surface area contributed by atoms with E-state index in [-0.39, 0.29) is 5.56 Å². The van der Waals surface area contributed by atoms with Crippen LogP contribution in [0.5, 0.6) is 0 Å². The molecule has 0 saturated carbocycles. The first-order valence-corrected chi connectivity index (χ1v) is 10.9. The van der Waals surface area contributed by atoms with Gasteiger partial charge in [-0.25, -0.2) is 0 Å². The van der Waals surface area contributed by atoms with Crippen LogP contribution in [0.1, 0.15) is 38.7 Å². The first-order valence-electron chi connectivity index (χ1n) is 10.9. The van der Waals surface area contributed by atoms with Crippen molar-refractivity contribution in [1.29, 1.82) is 0 Å². The van der Waals surface area contributed by atoms with Crippen LogP contribution in [0.3, 0.4) is 0 Å². The standard InChI is InChI=1S/C24H33N3O2/c1-24(2)9-6-10-27(21(18-24)15-19-7-4-3-5-8-19)22-16-20(17-23(28)25-22)26-11-13-29-14-12-26/h3-5,7-8,16-17,21H,6,9-15,18H2,1-2H3,(H,25,28)/t21-/m0/s1. The average Bonchev–Trinajstić information content (AvgIpc) is 2.86. The SMILES string of the molecule is CC1(C)CCCN(c2cc(N3CCOCC3)cc(=O)[nH]2)[C@@H](Cc2ccccc2)C1. The van der Waals surface area contributed by atoms with E-state index in [2.05, 4.69) is 65.0 Å². The fourth-order valence-electron chi connectivity index (χ4n) is 4.82. The second kappa shape index (κ2) is 8.62. The molecule has 0 unspecified atom stereocenters. The zero-order chi connectivity index (χ0) is 20.3. The monoisotopic (exact) mass is 395 g/mol. The van der Waals surface area contributed by atoms with Gasteiger partial charge in [0.05, 0.1) is 13.2 Å². The van der Waals surface area contributed by atoms with Crippen LogP contribution in [0, 0.1) is 5.41 Å². The molecule has 0 amide bonds. The second-order valence-corrected chi connectivity index (χ2v) is 9.20. The molecule has 156 valence electrons. The topological polar surface area (TPSA) is 48.6 Å². The molecule has 1 atom stereocenters. The molecule has 1 aromatic carbocycles. The molecule has 0 spiro atoms. The molecule has 0 bridgehead atoms. The molecule has 2 saturated heterocycles. The summed E-state index contributed by atoms with van der Waals surface area (Å²) in [6, 6.07) is 15.0. The van der Waals surface area contributed by atoms with Gasteiger partial charge in [-0.05, 0) is 36.7 Å². The van der Waals surface area contributed by atoms with Crippen LogP contribution >= 0.6 is 0 Å². The molecule has 2 aromatic rings. The van der Waals surface area contributed by atoms with Gasteiger partial charge in [0.25, 0.3) is 5.56 Å². The number of ether oxygens (including phenoxy) is 1. The molecule has 3 heterocycles. The summed E-state index contributed by atoms with van der Waals surface area (Å²) in [5.41, 5.74) is 2.64. The molecular formula is C24H33N3O2. The van der Waals surface area contributed by atoms with Crippen LogP contribution in [-0.2, 0) is 11.2 Å². The first kappa shape index (κ1) is 20.0. The lowest BCUT2D eigenvalue weighted by molar-refractivity contribution is 0.122. The molecule has 2 aliphatic heterocycles. The van der Waals surface area contributed by atoms with E-state index in [0.717, 1.165) is 63.6 Å². The smallest absolute Gasteiger partial charge is 0.251 e. The number of benzene rings is 1. The number of anilines is 2. The van der Waals surface area contributed by atoms with Crippen LogP contribution in [-0.4, -0.2) is 43.9 Å². The van der Waals surface area contributed by atoms with E-state index < -0.39 is 0 Å². The van der Waals surface area contributed by atoms with Crippen molar-refractivity contribution in [1.82, 2.24) is 4.98 Å². The van der Waals surface area contributed by atoms with Crippen LogP contribution in [0.15, 0.2) is 47.3 Å². The maximum Gasteiger partial charge on any atom is 0.251 e. The van der Waals surface area contributed by atoms with Gasteiger partial charge in [0.15, 0.2) is 0 Å². The number of hydrogen-bond acceptors (Lipinski definition) is 4. The predicted molar refractivity (Wildman–Crippen MR) is 119 cm³/mol. The van der Waals surface area contributed by atoms with E-state index in [0.29, 0.717) is 11.5 Å².